The lowest BCUT2D eigenvalue weighted by atomic mass is 10.0. The van der Waals surface area contributed by atoms with Crippen LogP contribution in [0.5, 0.6) is 0 Å². The normalized spacial score (nSPS) is 11.4. The van der Waals surface area contributed by atoms with Crippen molar-refractivity contribution in [2.45, 2.75) is 37.9 Å². The van der Waals surface area contributed by atoms with Gasteiger partial charge in [-0.2, -0.15) is 11.8 Å². The minimum Gasteiger partial charge on any atom is -0.351 e. The zero-order chi connectivity index (χ0) is 15.7. The van der Waals surface area contributed by atoms with Crippen LogP contribution >= 0.6 is 11.8 Å². The van der Waals surface area contributed by atoms with Crippen molar-refractivity contribution in [3.05, 3.63) is 35.4 Å². The first-order valence-corrected chi connectivity index (χ1v) is 8.90. The van der Waals surface area contributed by atoms with Crippen molar-refractivity contribution in [2.24, 2.45) is 0 Å². The van der Waals surface area contributed by atoms with Gasteiger partial charge in [-0.15, -0.1) is 0 Å². The molecule has 0 saturated carbocycles. The molecule has 1 amide bonds. The maximum atomic E-state index is 12.5. The van der Waals surface area contributed by atoms with Gasteiger partial charge in [-0.25, -0.2) is 0 Å². The summed E-state index contributed by atoms with van der Waals surface area (Å²) < 4.78 is 0.148. The van der Waals surface area contributed by atoms with Gasteiger partial charge in [0.25, 0.3) is 5.91 Å². The summed E-state index contributed by atoms with van der Waals surface area (Å²) in [4.78, 5) is 12.5. The fraction of sp³-hybridized carbons (Fsp3) is 0.588. The van der Waals surface area contributed by atoms with E-state index in [2.05, 4.69) is 30.7 Å². The molecular weight excluding hydrogens is 280 g/mol. The topological polar surface area (TPSA) is 41.1 Å². The van der Waals surface area contributed by atoms with Gasteiger partial charge in [0.15, 0.2) is 0 Å². The predicted octanol–water partition coefficient (Wildman–Crippen LogP) is 3.10. The van der Waals surface area contributed by atoms with Crippen molar-refractivity contribution in [2.75, 3.05) is 26.4 Å². The Morgan fingerprint density at radius 3 is 2.48 bits per heavy atom. The second-order valence-corrected chi connectivity index (χ2v) is 6.56. The van der Waals surface area contributed by atoms with E-state index in [0.29, 0.717) is 0 Å². The highest BCUT2D eigenvalue weighted by Gasteiger charge is 2.25. The van der Waals surface area contributed by atoms with Crippen LogP contribution < -0.4 is 10.6 Å². The molecule has 0 radical (unpaired) electrons. The number of hydrogen-bond donors (Lipinski definition) is 2. The molecule has 0 aliphatic heterocycles. The second-order valence-electron chi connectivity index (χ2n) is 5.29. The van der Waals surface area contributed by atoms with Crippen molar-refractivity contribution in [3.8, 4) is 0 Å². The lowest BCUT2D eigenvalue weighted by Gasteiger charge is -2.30. The number of rotatable bonds is 9. The number of amides is 1. The van der Waals surface area contributed by atoms with Crippen molar-refractivity contribution >= 4 is 17.7 Å². The van der Waals surface area contributed by atoms with Crippen LogP contribution in [0.15, 0.2) is 24.3 Å². The number of hydrogen-bond acceptors (Lipinski definition) is 3. The standard InChI is InChI=1S/C17H28N2OS/c1-5-17(6-2,21-4)13-19-16(20)15-10-8-7-9-14(15)11-12-18-3/h7-10,18H,5-6,11-13H2,1-4H3,(H,19,20). The van der Waals surface area contributed by atoms with Gasteiger partial charge in [0.2, 0.25) is 0 Å². The quantitative estimate of drug-likeness (QED) is 0.736. The molecule has 1 aromatic rings. The van der Waals surface area contributed by atoms with Gasteiger partial charge in [0.05, 0.1) is 0 Å². The molecule has 1 aromatic carbocycles. The van der Waals surface area contributed by atoms with Gasteiger partial charge in [-0.3, -0.25) is 4.79 Å². The van der Waals surface area contributed by atoms with Crippen LogP contribution in [-0.2, 0) is 6.42 Å². The molecule has 0 atom stereocenters. The van der Waals surface area contributed by atoms with Crippen LogP contribution in [0.3, 0.4) is 0 Å². The molecule has 4 heteroatoms. The van der Waals surface area contributed by atoms with E-state index >= 15 is 0 Å². The Bertz CT molecular complexity index is 436. The van der Waals surface area contributed by atoms with Crippen LogP contribution in [0, 0.1) is 0 Å². The zero-order valence-corrected chi connectivity index (χ0v) is 14.5. The van der Waals surface area contributed by atoms with E-state index in [9.17, 15) is 4.79 Å². The molecular formula is C17H28N2OS. The molecule has 0 unspecified atom stereocenters. The van der Waals surface area contributed by atoms with Gasteiger partial charge >= 0.3 is 0 Å². The summed E-state index contributed by atoms with van der Waals surface area (Å²) in [6.45, 7) is 5.98. The summed E-state index contributed by atoms with van der Waals surface area (Å²) in [5.74, 6) is 0.0435. The Morgan fingerprint density at radius 1 is 1.24 bits per heavy atom. The average molecular weight is 308 g/mol. The molecule has 0 spiro atoms. The van der Waals surface area contributed by atoms with Gasteiger partial charge in [0.1, 0.15) is 0 Å². The molecule has 0 aliphatic carbocycles. The highest BCUT2D eigenvalue weighted by Crippen LogP contribution is 2.29. The number of thioether (sulfide) groups is 1. The largest absolute Gasteiger partial charge is 0.351 e. The van der Waals surface area contributed by atoms with E-state index in [4.69, 9.17) is 0 Å². The molecule has 0 fully saturated rings. The lowest BCUT2D eigenvalue weighted by molar-refractivity contribution is 0.0948. The van der Waals surface area contributed by atoms with Gasteiger partial charge in [-0.05, 0) is 50.7 Å². The van der Waals surface area contributed by atoms with Gasteiger partial charge in [-0.1, -0.05) is 32.0 Å². The summed E-state index contributed by atoms with van der Waals surface area (Å²) in [5.41, 5.74) is 1.90. The van der Waals surface area contributed by atoms with Crippen molar-refractivity contribution < 1.29 is 4.79 Å². The van der Waals surface area contributed by atoms with Crippen molar-refractivity contribution in [1.82, 2.24) is 10.6 Å². The van der Waals surface area contributed by atoms with E-state index in [0.717, 1.165) is 43.5 Å². The maximum Gasteiger partial charge on any atom is 0.251 e. The van der Waals surface area contributed by atoms with Gasteiger partial charge < -0.3 is 10.6 Å². The van der Waals surface area contributed by atoms with Crippen LogP contribution in [0.2, 0.25) is 0 Å². The van der Waals surface area contributed by atoms with Crippen molar-refractivity contribution in [1.29, 1.82) is 0 Å². The van der Waals surface area contributed by atoms with E-state index in [1.54, 1.807) is 0 Å². The maximum absolute atomic E-state index is 12.5. The molecule has 3 nitrogen and oxygen atoms in total. The van der Waals surface area contributed by atoms with E-state index in [1.807, 2.05) is 43.1 Å². The van der Waals surface area contributed by atoms with Crippen LogP contribution in [0.25, 0.3) is 0 Å². The number of benzene rings is 1. The molecule has 0 bridgehead atoms. The van der Waals surface area contributed by atoms with Crippen LogP contribution in [0.4, 0.5) is 0 Å². The number of nitrogens with one attached hydrogen (secondary N) is 2. The minimum absolute atomic E-state index is 0.0435. The Balaban J connectivity index is 2.75. The fourth-order valence-electron chi connectivity index (χ4n) is 2.42. The Morgan fingerprint density at radius 2 is 1.90 bits per heavy atom. The first-order chi connectivity index (χ1) is 10.1. The minimum atomic E-state index is 0.0435. The molecule has 118 valence electrons. The Labute approximate surface area is 133 Å². The van der Waals surface area contributed by atoms with E-state index in [-0.39, 0.29) is 10.7 Å². The SMILES string of the molecule is CCC(CC)(CNC(=O)c1ccccc1CCNC)SC. The third kappa shape index (κ3) is 5.04. The second kappa shape index (κ2) is 9.11. The third-order valence-electron chi connectivity index (χ3n) is 4.20. The molecule has 0 aliphatic rings. The fourth-order valence-corrected chi connectivity index (χ4v) is 3.21. The molecule has 21 heavy (non-hydrogen) atoms. The van der Waals surface area contributed by atoms with E-state index in [1.165, 1.54) is 0 Å². The Hall–Kier alpha value is -1.00. The highest BCUT2D eigenvalue weighted by atomic mass is 32.2. The molecule has 0 heterocycles. The lowest BCUT2D eigenvalue weighted by Crippen LogP contribution is -2.39. The summed E-state index contributed by atoms with van der Waals surface area (Å²) in [6, 6.07) is 7.87. The summed E-state index contributed by atoms with van der Waals surface area (Å²) in [6.07, 6.45) is 5.12. The third-order valence-corrected chi connectivity index (χ3v) is 5.79. The van der Waals surface area contributed by atoms with Crippen LogP contribution in [0.1, 0.15) is 42.6 Å². The number of carbonyl (C=O) groups is 1. The van der Waals surface area contributed by atoms with Crippen molar-refractivity contribution in [3.63, 3.8) is 0 Å². The first-order valence-electron chi connectivity index (χ1n) is 7.68. The summed E-state index contributed by atoms with van der Waals surface area (Å²) >= 11 is 1.85. The van der Waals surface area contributed by atoms with Crippen LogP contribution in [-0.4, -0.2) is 37.0 Å². The van der Waals surface area contributed by atoms with E-state index < -0.39 is 0 Å². The zero-order valence-electron chi connectivity index (χ0n) is 13.7. The summed E-state index contributed by atoms with van der Waals surface area (Å²) in [7, 11) is 1.93. The number of likely N-dealkylation sites (N-methyl/N-ethyl adjacent to an activating group) is 1. The molecule has 2 N–H and O–H groups in total. The molecule has 0 saturated heterocycles. The number of carbonyl (C=O) groups excluding carboxylic acids is 1. The van der Waals surface area contributed by atoms with Gasteiger partial charge in [0, 0.05) is 16.9 Å². The average Bonchev–Trinajstić information content (AvgIpc) is 2.54. The molecule has 0 aromatic heterocycles. The smallest absolute Gasteiger partial charge is 0.251 e. The molecule has 1 rings (SSSR count). The summed E-state index contributed by atoms with van der Waals surface area (Å²) in [5, 5.41) is 6.26. The first kappa shape index (κ1) is 18.1. The predicted molar refractivity (Wildman–Crippen MR) is 93.2 cm³/mol. The Kier molecular flexibility index (Phi) is 7.83. The monoisotopic (exact) mass is 308 g/mol. The highest BCUT2D eigenvalue weighted by molar-refractivity contribution is 8.00.